The highest BCUT2D eigenvalue weighted by Gasteiger charge is 2.18. The van der Waals surface area contributed by atoms with E-state index < -0.39 is 10.0 Å². The smallest absolute Gasteiger partial charge is 0.234 e. The van der Waals surface area contributed by atoms with Gasteiger partial charge in [0.1, 0.15) is 5.75 Å². The first-order valence-electron chi connectivity index (χ1n) is 5.58. The molecule has 0 saturated carbocycles. The van der Waals surface area contributed by atoms with Crippen LogP contribution < -0.4 is 4.31 Å². The fourth-order valence-corrected chi connectivity index (χ4v) is 2.83. The van der Waals surface area contributed by atoms with Crippen molar-refractivity contribution in [1.82, 2.24) is 0 Å². The molecule has 4 nitrogen and oxygen atoms in total. The summed E-state index contributed by atoms with van der Waals surface area (Å²) in [6, 6.07) is 6.12. The highest BCUT2D eigenvalue weighted by Crippen LogP contribution is 2.20. The molecule has 0 spiro atoms. The van der Waals surface area contributed by atoms with E-state index in [-0.39, 0.29) is 11.5 Å². The lowest BCUT2D eigenvalue weighted by Gasteiger charge is -2.20. The van der Waals surface area contributed by atoms with Crippen molar-refractivity contribution in [3.8, 4) is 5.75 Å². The molecular weight excluding hydrogens is 238 g/mol. The van der Waals surface area contributed by atoms with Crippen LogP contribution in [0, 0.1) is 5.92 Å². The van der Waals surface area contributed by atoms with Crippen molar-refractivity contribution < 1.29 is 13.5 Å². The second kappa shape index (κ2) is 5.40. The van der Waals surface area contributed by atoms with E-state index in [1.807, 2.05) is 13.8 Å². The summed E-state index contributed by atoms with van der Waals surface area (Å²) < 4.78 is 25.2. The third kappa shape index (κ3) is 3.93. The van der Waals surface area contributed by atoms with Crippen LogP contribution in [0.1, 0.15) is 20.3 Å². The van der Waals surface area contributed by atoms with Gasteiger partial charge in [-0.15, -0.1) is 0 Å². The van der Waals surface area contributed by atoms with E-state index in [0.29, 0.717) is 18.0 Å². The van der Waals surface area contributed by atoms with Crippen molar-refractivity contribution in [2.24, 2.45) is 5.92 Å². The van der Waals surface area contributed by atoms with E-state index in [1.54, 1.807) is 12.1 Å². The van der Waals surface area contributed by atoms with Crippen molar-refractivity contribution in [2.75, 3.05) is 17.1 Å². The van der Waals surface area contributed by atoms with Crippen LogP contribution in [-0.2, 0) is 10.0 Å². The molecule has 96 valence electrons. The Hall–Kier alpha value is -1.23. The Labute approximate surface area is 103 Å². The number of benzene rings is 1. The molecule has 0 fully saturated rings. The topological polar surface area (TPSA) is 57.6 Å². The van der Waals surface area contributed by atoms with Gasteiger partial charge in [0.15, 0.2) is 0 Å². The van der Waals surface area contributed by atoms with Gasteiger partial charge in [0, 0.05) is 7.05 Å². The minimum Gasteiger partial charge on any atom is -0.508 e. The third-order valence-corrected chi connectivity index (χ3v) is 4.38. The van der Waals surface area contributed by atoms with Crippen LogP contribution in [0.3, 0.4) is 0 Å². The summed E-state index contributed by atoms with van der Waals surface area (Å²) in [6.45, 7) is 3.99. The van der Waals surface area contributed by atoms with Crippen LogP contribution in [0.15, 0.2) is 24.3 Å². The number of hydrogen-bond donors (Lipinski definition) is 1. The van der Waals surface area contributed by atoms with E-state index in [4.69, 9.17) is 5.11 Å². The molecule has 0 saturated heterocycles. The average molecular weight is 257 g/mol. The molecule has 17 heavy (non-hydrogen) atoms. The summed E-state index contributed by atoms with van der Waals surface area (Å²) in [4.78, 5) is 0. The zero-order chi connectivity index (χ0) is 13.1. The lowest BCUT2D eigenvalue weighted by Crippen LogP contribution is -2.29. The minimum absolute atomic E-state index is 0.127. The van der Waals surface area contributed by atoms with Gasteiger partial charge >= 0.3 is 0 Å². The fourth-order valence-electron chi connectivity index (χ4n) is 1.34. The van der Waals surface area contributed by atoms with E-state index >= 15 is 0 Å². The number of rotatable bonds is 5. The van der Waals surface area contributed by atoms with Gasteiger partial charge in [-0.25, -0.2) is 8.42 Å². The first-order chi connectivity index (χ1) is 7.83. The maximum absolute atomic E-state index is 12.0. The lowest BCUT2D eigenvalue weighted by molar-refractivity contribution is 0.475. The molecule has 1 aromatic rings. The van der Waals surface area contributed by atoms with Gasteiger partial charge in [0.25, 0.3) is 0 Å². The molecule has 5 heteroatoms. The molecule has 0 aromatic heterocycles. The van der Waals surface area contributed by atoms with Gasteiger partial charge in [-0.3, -0.25) is 4.31 Å². The Bertz CT molecular complexity index is 451. The number of phenols is 1. The normalized spacial score (nSPS) is 11.8. The fraction of sp³-hybridized carbons (Fsp3) is 0.500. The predicted molar refractivity (Wildman–Crippen MR) is 69.8 cm³/mol. The summed E-state index contributed by atoms with van der Waals surface area (Å²) in [5.74, 6) is 0.627. The predicted octanol–water partition coefficient (Wildman–Crippen LogP) is 2.20. The van der Waals surface area contributed by atoms with Crippen LogP contribution in [0.25, 0.3) is 0 Å². The third-order valence-electron chi connectivity index (χ3n) is 2.58. The Balaban J connectivity index is 2.81. The van der Waals surface area contributed by atoms with E-state index in [1.165, 1.54) is 23.5 Å². The standard InChI is InChI=1S/C12H19NO3S/c1-10(2)8-9-17(15,16)13(3)11-4-6-12(14)7-5-11/h4-7,10,14H,8-9H2,1-3H3. The number of nitrogens with zero attached hydrogens (tertiary/aromatic N) is 1. The lowest BCUT2D eigenvalue weighted by atomic mass is 10.2. The van der Waals surface area contributed by atoms with Crippen molar-refractivity contribution in [1.29, 1.82) is 0 Å². The Kier molecular flexibility index (Phi) is 4.40. The average Bonchev–Trinajstić information content (AvgIpc) is 2.27. The highest BCUT2D eigenvalue weighted by molar-refractivity contribution is 7.92. The number of sulfonamides is 1. The molecule has 0 radical (unpaired) electrons. The Morgan fingerprint density at radius 3 is 2.24 bits per heavy atom. The Morgan fingerprint density at radius 2 is 1.76 bits per heavy atom. The summed E-state index contributed by atoms with van der Waals surface area (Å²) in [6.07, 6.45) is 0.644. The highest BCUT2D eigenvalue weighted by atomic mass is 32.2. The quantitative estimate of drug-likeness (QED) is 0.879. The zero-order valence-corrected chi connectivity index (χ0v) is 11.2. The SMILES string of the molecule is CC(C)CCS(=O)(=O)N(C)c1ccc(O)cc1. The zero-order valence-electron chi connectivity index (χ0n) is 10.4. The second-order valence-corrected chi connectivity index (χ2v) is 6.60. The van der Waals surface area contributed by atoms with Crippen LogP contribution >= 0.6 is 0 Å². The summed E-state index contributed by atoms with van der Waals surface area (Å²) in [7, 11) is -1.74. The number of phenolic OH excluding ortho intramolecular Hbond substituents is 1. The van der Waals surface area contributed by atoms with Crippen molar-refractivity contribution in [2.45, 2.75) is 20.3 Å². The largest absolute Gasteiger partial charge is 0.508 e. The Morgan fingerprint density at radius 1 is 1.24 bits per heavy atom. The summed E-state index contributed by atoms with van der Waals surface area (Å²) in [5.41, 5.74) is 0.562. The number of hydrogen-bond acceptors (Lipinski definition) is 3. The van der Waals surface area contributed by atoms with Gasteiger partial charge in [-0.05, 0) is 36.6 Å². The molecule has 0 aliphatic rings. The maximum atomic E-state index is 12.0. The minimum atomic E-state index is -3.27. The van der Waals surface area contributed by atoms with Crippen molar-refractivity contribution in [3.05, 3.63) is 24.3 Å². The van der Waals surface area contributed by atoms with Gasteiger partial charge in [0.2, 0.25) is 10.0 Å². The molecule has 0 heterocycles. The summed E-state index contributed by atoms with van der Waals surface area (Å²) in [5, 5.41) is 9.15. The van der Waals surface area contributed by atoms with E-state index in [2.05, 4.69) is 0 Å². The van der Waals surface area contributed by atoms with Crippen LogP contribution in [0.5, 0.6) is 5.75 Å². The van der Waals surface area contributed by atoms with Crippen LogP contribution in [0.2, 0.25) is 0 Å². The number of aromatic hydroxyl groups is 1. The molecule has 0 aliphatic heterocycles. The first-order valence-corrected chi connectivity index (χ1v) is 7.19. The summed E-state index contributed by atoms with van der Waals surface area (Å²) >= 11 is 0. The van der Waals surface area contributed by atoms with Crippen LogP contribution in [0.4, 0.5) is 5.69 Å². The van der Waals surface area contributed by atoms with Gasteiger partial charge in [0.05, 0.1) is 11.4 Å². The molecular formula is C12H19NO3S. The van der Waals surface area contributed by atoms with Gasteiger partial charge < -0.3 is 5.11 Å². The van der Waals surface area contributed by atoms with Gasteiger partial charge in [-0.1, -0.05) is 13.8 Å². The molecule has 0 unspecified atom stereocenters. The molecule has 0 aliphatic carbocycles. The molecule has 0 bridgehead atoms. The first kappa shape index (κ1) is 13.8. The molecule has 1 aromatic carbocycles. The molecule has 0 atom stereocenters. The second-order valence-electron chi connectivity index (χ2n) is 4.48. The van der Waals surface area contributed by atoms with E-state index in [0.717, 1.165) is 0 Å². The monoisotopic (exact) mass is 257 g/mol. The van der Waals surface area contributed by atoms with Gasteiger partial charge in [-0.2, -0.15) is 0 Å². The molecule has 1 rings (SSSR count). The molecule has 1 N–H and O–H groups in total. The van der Waals surface area contributed by atoms with Crippen molar-refractivity contribution >= 4 is 15.7 Å². The van der Waals surface area contributed by atoms with Crippen molar-refractivity contribution in [3.63, 3.8) is 0 Å². The number of anilines is 1. The maximum Gasteiger partial charge on any atom is 0.234 e. The van der Waals surface area contributed by atoms with Crippen LogP contribution in [-0.4, -0.2) is 26.3 Å². The molecule has 0 amide bonds. The van der Waals surface area contributed by atoms with E-state index in [9.17, 15) is 8.42 Å².